The summed E-state index contributed by atoms with van der Waals surface area (Å²) in [5, 5.41) is 4.08. The number of hydrogen-bond donors (Lipinski definition) is 1. The summed E-state index contributed by atoms with van der Waals surface area (Å²) in [4.78, 5) is 0. The molecule has 0 bridgehead atoms. The molecule has 2 atom stereocenters. The van der Waals surface area contributed by atoms with Gasteiger partial charge in [-0.3, -0.25) is 0 Å². The molecule has 4 heteroatoms. The van der Waals surface area contributed by atoms with E-state index in [1.165, 1.54) is 11.6 Å². The highest BCUT2D eigenvalue weighted by Gasteiger charge is 2.29. The van der Waals surface area contributed by atoms with E-state index >= 15 is 0 Å². The smallest absolute Gasteiger partial charge is 0.126 e. The Bertz CT molecular complexity index is 646. The zero-order valence-corrected chi connectivity index (χ0v) is 13.8. The van der Waals surface area contributed by atoms with Crippen LogP contribution in [0.1, 0.15) is 29.4 Å². The minimum Gasteiger partial charge on any atom is -0.316 e. The number of piperidine rings is 1. The Morgan fingerprint density at radius 1 is 1.14 bits per heavy atom. The molecule has 0 spiro atoms. The molecule has 1 aliphatic rings. The van der Waals surface area contributed by atoms with Crippen LogP contribution < -0.4 is 5.32 Å². The maximum Gasteiger partial charge on any atom is 0.126 e. The highest BCUT2D eigenvalue weighted by molar-refractivity contribution is 9.10. The second kappa shape index (κ2) is 6.47. The third kappa shape index (κ3) is 3.15. The molecule has 2 aromatic carbocycles. The Morgan fingerprint density at radius 2 is 1.95 bits per heavy atom. The summed E-state index contributed by atoms with van der Waals surface area (Å²) in [6.45, 7) is 1.74. The number of rotatable bonds is 2. The Kier molecular flexibility index (Phi) is 4.63. The summed E-state index contributed by atoms with van der Waals surface area (Å²) < 4.78 is 15.0. The highest BCUT2D eigenvalue weighted by Crippen LogP contribution is 2.39. The van der Waals surface area contributed by atoms with Gasteiger partial charge in [-0.15, -0.1) is 0 Å². The number of halogens is 3. The maximum absolute atomic E-state index is 14.1. The first-order valence-corrected chi connectivity index (χ1v) is 8.24. The van der Waals surface area contributed by atoms with Crippen LogP contribution in [-0.4, -0.2) is 13.1 Å². The van der Waals surface area contributed by atoms with Gasteiger partial charge in [0.1, 0.15) is 5.82 Å². The molecular weight excluding hydrogens is 353 g/mol. The first-order valence-electron chi connectivity index (χ1n) is 7.07. The molecule has 2 aromatic rings. The van der Waals surface area contributed by atoms with Crippen molar-refractivity contribution in [2.45, 2.75) is 18.3 Å². The molecule has 1 nitrogen and oxygen atoms in total. The van der Waals surface area contributed by atoms with Crippen molar-refractivity contribution in [2.24, 2.45) is 0 Å². The number of benzene rings is 2. The van der Waals surface area contributed by atoms with Gasteiger partial charge in [0.15, 0.2) is 0 Å². The van der Waals surface area contributed by atoms with E-state index in [4.69, 9.17) is 11.6 Å². The van der Waals surface area contributed by atoms with Crippen LogP contribution >= 0.6 is 27.5 Å². The summed E-state index contributed by atoms with van der Waals surface area (Å²) >= 11 is 9.64. The summed E-state index contributed by atoms with van der Waals surface area (Å²) in [5.74, 6) is 0.297. The predicted molar refractivity (Wildman–Crippen MR) is 88.5 cm³/mol. The summed E-state index contributed by atoms with van der Waals surface area (Å²) in [5.41, 5.74) is 1.96. The van der Waals surface area contributed by atoms with Crippen LogP contribution in [0.4, 0.5) is 4.39 Å². The first kappa shape index (κ1) is 15.0. The maximum atomic E-state index is 14.1. The number of nitrogens with one attached hydrogen (secondary N) is 1. The van der Waals surface area contributed by atoms with Crippen molar-refractivity contribution in [1.29, 1.82) is 0 Å². The standard InChI is InChI=1S/C17H16BrClFN/c18-15-6-5-11(9-16(15)19)12-7-8-21-10-14(12)13-3-1-2-4-17(13)20/h1-6,9,12,14,21H,7-8,10H2. The first-order chi connectivity index (χ1) is 10.2. The number of hydrogen-bond acceptors (Lipinski definition) is 1. The van der Waals surface area contributed by atoms with Crippen molar-refractivity contribution < 1.29 is 4.39 Å². The topological polar surface area (TPSA) is 12.0 Å². The molecule has 1 fully saturated rings. The molecule has 1 saturated heterocycles. The average Bonchev–Trinajstić information content (AvgIpc) is 2.51. The lowest BCUT2D eigenvalue weighted by Crippen LogP contribution is -2.34. The average molecular weight is 369 g/mol. The van der Waals surface area contributed by atoms with Crippen LogP contribution in [0.15, 0.2) is 46.9 Å². The molecule has 1 N–H and O–H groups in total. The van der Waals surface area contributed by atoms with Gasteiger partial charge in [-0.1, -0.05) is 35.9 Å². The second-order valence-corrected chi connectivity index (χ2v) is 6.66. The Hall–Kier alpha value is -0.900. The van der Waals surface area contributed by atoms with Gasteiger partial charge in [0.05, 0.1) is 5.02 Å². The minimum atomic E-state index is -0.126. The molecule has 0 aromatic heterocycles. The molecule has 3 rings (SSSR count). The van der Waals surface area contributed by atoms with Crippen LogP contribution in [0.25, 0.3) is 0 Å². The highest BCUT2D eigenvalue weighted by atomic mass is 79.9. The van der Waals surface area contributed by atoms with Crippen molar-refractivity contribution in [3.8, 4) is 0 Å². The van der Waals surface area contributed by atoms with Gasteiger partial charge in [0, 0.05) is 16.9 Å². The van der Waals surface area contributed by atoms with E-state index in [0.717, 1.165) is 29.5 Å². The summed E-state index contributed by atoms with van der Waals surface area (Å²) in [7, 11) is 0. The zero-order valence-electron chi connectivity index (χ0n) is 11.5. The Morgan fingerprint density at radius 3 is 2.71 bits per heavy atom. The van der Waals surface area contributed by atoms with Crippen LogP contribution in [-0.2, 0) is 0 Å². The van der Waals surface area contributed by atoms with Crippen molar-refractivity contribution in [2.75, 3.05) is 13.1 Å². The second-order valence-electron chi connectivity index (χ2n) is 5.40. The normalized spacial score (nSPS) is 22.2. The van der Waals surface area contributed by atoms with Crippen molar-refractivity contribution in [3.05, 3.63) is 68.9 Å². The van der Waals surface area contributed by atoms with E-state index < -0.39 is 0 Å². The lowest BCUT2D eigenvalue weighted by Gasteiger charge is -2.33. The van der Waals surface area contributed by atoms with E-state index in [2.05, 4.69) is 27.3 Å². The Balaban J connectivity index is 1.98. The fourth-order valence-electron chi connectivity index (χ4n) is 3.10. The van der Waals surface area contributed by atoms with E-state index in [1.54, 1.807) is 6.07 Å². The van der Waals surface area contributed by atoms with Gasteiger partial charge in [0.2, 0.25) is 0 Å². The van der Waals surface area contributed by atoms with Gasteiger partial charge in [0.25, 0.3) is 0 Å². The molecule has 1 aliphatic heterocycles. The van der Waals surface area contributed by atoms with Crippen LogP contribution in [0.3, 0.4) is 0 Å². The SMILES string of the molecule is Fc1ccccc1C1CNCCC1c1ccc(Br)c(Cl)c1. The lowest BCUT2D eigenvalue weighted by molar-refractivity contribution is 0.393. The Labute approximate surface area is 137 Å². The fourth-order valence-corrected chi connectivity index (χ4v) is 3.54. The monoisotopic (exact) mass is 367 g/mol. The molecule has 1 heterocycles. The predicted octanol–water partition coefficient (Wildman–Crippen LogP) is 5.10. The van der Waals surface area contributed by atoms with Gasteiger partial charge >= 0.3 is 0 Å². The van der Waals surface area contributed by atoms with E-state index in [0.29, 0.717) is 5.02 Å². The van der Waals surface area contributed by atoms with Gasteiger partial charge in [-0.2, -0.15) is 0 Å². The molecule has 21 heavy (non-hydrogen) atoms. The van der Waals surface area contributed by atoms with Gasteiger partial charge in [-0.25, -0.2) is 4.39 Å². The van der Waals surface area contributed by atoms with E-state index in [1.807, 2.05) is 24.3 Å². The van der Waals surface area contributed by atoms with E-state index in [-0.39, 0.29) is 17.7 Å². The summed E-state index contributed by atoms with van der Waals surface area (Å²) in [6, 6.07) is 13.1. The van der Waals surface area contributed by atoms with Gasteiger partial charge < -0.3 is 5.32 Å². The largest absolute Gasteiger partial charge is 0.316 e. The molecule has 2 unspecified atom stereocenters. The molecule has 0 amide bonds. The minimum absolute atomic E-state index is 0.126. The molecule has 0 aliphatic carbocycles. The molecule has 0 saturated carbocycles. The molecular formula is C17H16BrClFN. The summed E-state index contributed by atoms with van der Waals surface area (Å²) in [6.07, 6.45) is 0.983. The van der Waals surface area contributed by atoms with Crippen molar-refractivity contribution >= 4 is 27.5 Å². The van der Waals surface area contributed by atoms with Crippen molar-refractivity contribution in [1.82, 2.24) is 5.32 Å². The van der Waals surface area contributed by atoms with Crippen LogP contribution in [0.2, 0.25) is 5.02 Å². The zero-order chi connectivity index (χ0) is 14.8. The third-order valence-electron chi connectivity index (χ3n) is 4.16. The van der Waals surface area contributed by atoms with Crippen LogP contribution in [0, 0.1) is 5.82 Å². The van der Waals surface area contributed by atoms with Gasteiger partial charge in [-0.05, 0) is 64.1 Å². The van der Waals surface area contributed by atoms with E-state index in [9.17, 15) is 4.39 Å². The lowest BCUT2D eigenvalue weighted by atomic mass is 9.77. The quantitative estimate of drug-likeness (QED) is 0.777. The van der Waals surface area contributed by atoms with Crippen LogP contribution in [0.5, 0.6) is 0 Å². The van der Waals surface area contributed by atoms with Crippen molar-refractivity contribution in [3.63, 3.8) is 0 Å². The molecule has 0 radical (unpaired) electrons. The third-order valence-corrected chi connectivity index (χ3v) is 5.39. The molecule has 110 valence electrons. The fraction of sp³-hybridized carbons (Fsp3) is 0.294.